The molecule has 2 aliphatic heterocycles. The first-order valence-electron chi connectivity index (χ1n) is 8.69. The molecule has 1 saturated heterocycles. The van der Waals surface area contributed by atoms with Gasteiger partial charge in [-0.3, -0.25) is 4.90 Å². The molecule has 26 heavy (non-hydrogen) atoms. The van der Waals surface area contributed by atoms with Gasteiger partial charge in [-0.2, -0.15) is 5.10 Å². The van der Waals surface area contributed by atoms with Crippen molar-refractivity contribution < 1.29 is 9.53 Å². The normalized spacial score (nSPS) is 20.8. The Bertz CT molecular complexity index is 968. The molecular formula is C19H17N5O2. The third kappa shape index (κ3) is 2.20. The Labute approximate surface area is 150 Å². The molecule has 0 saturated carbocycles. The summed E-state index contributed by atoms with van der Waals surface area (Å²) in [6.07, 6.45) is 6.34. The monoisotopic (exact) mass is 347 g/mol. The van der Waals surface area contributed by atoms with E-state index in [4.69, 9.17) is 4.74 Å². The minimum absolute atomic E-state index is 0.0259. The minimum Gasteiger partial charge on any atom is -0.444 e. The van der Waals surface area contributed by atoms with Crippen molar-refractivity contribution >= 4 is 11.8 Å². The lowest BCUT2D eigenvalue weighted by atomic mass is 10.0. The van der Waals surface area contributed by atoms with Crippen molar-refractivity contribution in [2.24, 2.45) is 0 Å². The van der Waals surface area contributed by atoms with Gasteiger partial charge in [-0.1, -0.05) is 13.0 Å². The number of nitrogens with zero attached hydrogens (tertiary/aromatic N) is 5. The number of carbonyl (C=O) groups excluding carboxylic acids is 1. The molecule has 0 spiro atoms. The summed E-state index contributed by atoms with van der Waals surface area (Å²) in [6.45, 7) is 2.05. The molecule has 7 nitrogen and oxygen atoms in total. The standard InChI is InChI=1S/C19H17N5O2/c1-2-17-16-8-14-7-12(3-5-15(14)24(16)19(25)26-17)13-4-6-18(21-9-13)23-11-20-10-22-23/h3-7,9-11,16-17H,2,8H2,1H3/t16-,17+/m1/s1. The molecule has 1 aromatic carbocycles. The van der Waals surface area contributed by atoms with Gasteiger partial charge in [0.25, 0.3) is 0 Å². The van der Waals surface area contributed by atoms with Crippen LogP contribution in [-0.2, 0) is 11.2 Å². The fraction of sp³-hybridized carbons (Fsp3) is 0.263. The smallest absolute Gasteiger partial charge is 0.415 e. The van der Waals surface area contributed by atoms with Gasteiger partial charge in [-0.15, -0.1) is 0 Å². The Morgan fingerprint density at radius 3 is 2.85 bits per heavy atom. The third-order valence-electron chi connectivity index (χ3n) is 5.11. The Morgan fingerprint density at radius 1 is 1.23 bits per heavy atom. The molecule has 3 aromatic rings. The number of amides is 1. The Kier molecular flexibility index (Phi) is 3.28. The van der Waals surface area contributed by atoms with E-state index in [0.717, 1.165) is 35.5 Å². The van der Waals surface area contributed by atoms with Crippen molar-refractivity contribution in [1.82, 2.24) is 19.7 Å². The molecule has 7 heteroatoms. The molecule has 130 valence electrons. The predicted molar refractivity (Wildman–Crippen MR) is 95.1 cm³/mol. The summed E-state index contributed by atoms with van der Waals surface area (Å²) in [5.74, 6) is 0.724. The number of rotatable bonds is 3. The number of hydrogen-bond acceptors (Lipinski definition) is 5. The zero-order valence-corrected chi connectivity index (χ0v) is 14.2. The number of carbonyl (C=O) groups is 1. The van der Waals surface area contributed by atoms with Crippen molar-refractivity contribution in [2.75, 3.05) is 4.90 Å². The van der Waals surface area contributed by atoms with Crippen molar-refractivity contribution in [1.29, 1.82) is 0 Å². The summed E-state index contributed by atoms with van der Waals surface area (Å²) in [7, 11) is 0. The van der Waals surface area contributed by atoms with E-state index in [9.17, 15) is 4.79 Å². The average molecular weight is 347 g/mol. The van der Waals surface area contributed by atoms with Gasteiger partial charge in [0.1, 0.15) is 18.8 Å². The second kappa shape index (κ2) is 5.66. The first-order chi connectivity index (χ1) is 12.7. The predicted octanol–water partition coefficient (Wildman–Crippen LogP) is 2.99. The minimum atomic E-state index is -0.229. The van der Waals surface area contributed by atoms with Gasteiger partial charge in [-0.05, 0) is 48.2 Å². The van der Waals surface area contributed by atoms with Crippen LogP contribution in [-0.4, -0.2) is 38.0 Å². The summed E-state index contributed by atoms with van der Waals surface area (Å²) in [5, 5.41) is 4.08. The van der Waals surface area contributed by atoms with E-state index < -0.39 is 0 Å². The number of fused-ring (bicyclic) bond motifs is 3. The van der Waals surface area contributed by atoms with Crippen molar-refractivity contribution in [3.8, 4) is 16.9 Å². The zero-order chi connectivity index (χ0) is 17.7. The van der Waals surface area contributed by atoms with Crippen LogP contribution >= 0.6 is 0 Å². The van der Waals surface area contributed by atoms with E-state index in [1.807, 2.05) is 30.5 Å². The number of pyridine rings is 1. The topological polar surface area (TPSA) is 73.1 Å². The first-order valence-corrected chi connectivity index (χ1v) is 8.69. The van der Waals surface area contributed by atoms with Gasteiger partial charge >= 0.3 is 6.09 Å². The maximum atomic E-state index is 12.2. The molecule has 2 atom stereocenters. The maximum absolute atomic E-state index is 12.2. The molecule has 0 radical (unpaired) electrons. The van der Waals surface area contributed by atoms with Crippen LogP contribution < -0.4 is 4.90 Å². The number of hydrogen-bond donors (Lipinski definition) is 0. The maximum Gasteiger partial charge on any atom is 0.415 e. The van der Waals surface area contributed by atoms with Crippen LogP contribution in [0, 0.1) is 0 Å². The molecule has 0 aliphatic carbocycles. The molecule has 0 bridgehead atoms. The van der Waals surface area contributed by atoms with Crippen LogP contribution in [0.5, 0.6) is 0 Å². The second-order valence-corrected chi connectivity index (χ2v) is 6.56. The number of benzene rings is 1. The highest BCUT2D eigenvalue weighted by Crippen LogP contribution is 2.41. The van der Waals surface area contributed by atoms with Gasteiger partial charge < -0.3 is 4.74 Å². The van der Waals surface area contributed by atoms with E-state index >= 15 is 0 Å². The molecular weight excluding hydrogens is 330 g/mol. The largest absolute Gasteiger partial charge is 0.444 e. The summed E-state index contributed by atoms with van der Waals surface area (Å²) in [6, 6.07) is 10.2. The molecule has 1 amide bonds. The number of ether oxygens (including phenoxy) is 1. The fourth-order valence-corrected chi connectivity index (χ4v) is 3.83. The van der Waals surface area contributed by atoms with Crippen LogP contribution in [0.2, 0.25) is 0 Å². The van der Waals surface area contributed by atoms with Gasteiger partial charge in [0.15, 0.2) is 5.82 Å². The third-order valence-corrected chi connectivity index (χ3v) is 5.11. The van der Waals surface area contributed by atoms with Gasteiger partial charge in [0.05, 0.1) is 11.7 Å². The molecule has 5 rings (SSSR count). The number of aromatic nitrogens is 4. The highest BCUT2D eigenvalue weighted by Gasteiger charge is 2.46. The molecule has 2 aliphatic rings. The van der Waals surface area contributed by atoms with Crippen molar-refractivity contribution in [3.05, 3.63) is 54.7 Å². The molecule has 4 heterocycles. The highest BCUT2D eigenvalue weighted by atomic mass is 16.6. The first kappa shape index (κ1) is 15.1. The van der Waals surface area contributed by atoms with Crippen LogP contribution in [0.4, 0.5) is 10.5 Å². The summed E-state index contributed by atoms with van der Waals surface area (Å²) < 4.78 is 7.08. The van der Waals surface area contributed by atoms with Crippen LogP contribution in [0.1, 0.15) is 18.9 Å². The van der Waals surface area contributed by atoms with Gasteiger partial charge in [0, 0.05) is 11.8 Å². The molecule has 0 unspecified atom stereocenters. The van der Waals surface area contributed by atoms with Crippen molar-refractivity contribution in [3.63, 3.8) is 0 Å². The van der Waals surface area contributed by atoms with Gasteiger partial charge in [-0.25, -0.2) is 19.4 Å². The van der Waals surface area contributed by atoms with E-state index in [1.54, 1.807) is 15.9 Å². The number of anilines is 1. The Hall–Kier alpha value is -3.22. The summed E-state index contributed by atoms with van der Waals surface area (Å²) >= 11 is 0. The van der Waals surface area contributed by atoms with E-state index in [2.05, 4.69) is 28.1 Å². The van der Waals surface area contributed by atoms with Crippen LogP contribution in [0.25, 0.3) is 16.9 Å². The molecule has 0 N–H and O–H groups in total. The SMILES string of the molecule is CC[C@@H]1OC(=O)N2c3ccc(-c4ccc(-n5cncn5)nc4)cc3C[C@H]12. The van der Waals surface area contributed by atoms with Gasteiger partial charge in [0.2, 0.25) is 0 Å². The van der Waals surface area contributed by atoms with Crippen LogP contribution in [0.15, 0.2) is 49.2 Å². The van der Waals surface area contributed by atoms with E-state index in [1.165, 1.54) is 11.9 Å². The lowest BCUT2D eigenvalue weighted by molar-refractivity contribution is 0.129. The highest BCUT2D eigenvalue weighted by molar-refractivity contribution is 5.94. The Morgan fingerprint density at radius 2 is 2.12 bits per heavy atom. The lowest BCUT2D eigenvalue weighted by Crippen LogP contribution is -2.32. The summed E-state index contributed by atoms with van der Waals surface area (Å²) in [4.78, 5) is 22.4. The van der Waals surface area contributed by atoms with E-state index in [-0.39, 0.29) is 18.2 Å². The quantitative estimate of drug-likeness (QED) is 0.728. The zero-order valence-electron chi connectivity index (χ0n) is 14.2. The lowest BCUT2D eigenvalue weighted by Gasteiger charge is -2.15. The average Bonchev–Trinajstić information content (AvgIpc) is 3.38. The number of cyclic esters (lactones) is 1. The van der Waals surface area contributed by atoms with E-state index in [0.29, 0.717) is 0 Å². The van der Waals surface area contributed by atoms with Crippen molar-refractivity contribution in [2.45, 2.75) is 31.9 Å². The second-order valence-electron chi connectivity index (χ2n) is 6.56. The fourth-order valence-electron chi connectivity index (χ4n) is 3.83. The van der Waals surface area contributed by atoms with Crippen LogP contribution in [0.3, 0.4) is 0 Å². The summed E-state index contributed by atoms with van der Waals surface area (Å²) in [5.41, 5.74) is 4.26. The Balaban J connectivity index is 1.46. The molecule has 1 fully saturated rings. The molecule has 2 aromatic heterocycles.